The van der Waals surface area contributed by atoms with Crippen molar-refractivity contribution in [3.63, 3.8) is 0 Å². The Bertz CT molecular complexity index is 445. The lowest BCUT2D eigenvalue weighted by Gasteiger charge is -2.38. The minimum atomic E-state index is 0.383. The van der Waals surface area contributed by atoms with E-state index in [9.17, 15) is 0 Å². The van der Waals surface area contributed by atoms with E-state index in [1.807, 2.05) is 0 Å². The minimum Gasteiger partial charge on any atom is -0.330 e. The summed E-state index contributed by atoms with van der Waals surface area (Å²) in [6.45, 7) is 6.68. The van der Waals surface area contributed by atoms with Crippen molar-refractivity contribution in [2.45, 2.75) is 45.6 Å². The molecule has 1 aliphatic carbocycles. The number of aryl methyl sites for hydroxylation is 2. The molecule has 1 aromatic rings. The summed E-state index contributed by atoms with van der Waals surface area (Å²) in [5.74, 6) is 0. The maximum Gasteiger partial charge on any atom is 0.0233 e. The summed E-state index contributed by atoms with van der Waals surface area (Å²) < 4.78 is 0. The van der Waals surface area contributed by atoms with Crippen molar-refractivity contribution in [3.8, 4) is 0 Å². The molecule has 3 rings (SSSR count). The van der Waals surface area contributed by atoms with Gasteiger partial charge in [-0.3, -0.25) is 4.90 Å². The van der Waals surface area contributed by atoms with Crippen LogP contribution in [0.5, 0.6) is 0 Å². The van der Waals surface area contributed by atoms with Gasteiger partial charge in [-0.1, -0.05) is 25.1 Å². The quantitative estimate of drug-likeness (QED) is 0.903. The second kappa shape index (κ2) is 5.26. The first-order valence-corrected chi connectivity index (χ1v) is 7.72. The summed E-state index contributed by atoms with van der Waals surface area (Å²) >= 11 is 0. The van der Waals surface area contributed by atoms with Crippen LogP contribution in [0.2, 0.25) is 0 Å². The van der Waals surface area contributed by atoms with Gasteiger partial charge in [-0.15, -0.1) is 0 Å². The Kier molecular flexibility index (Phi) is 3.64. The molecule has 2 N–H and O–H groups in total. The number of nitrogens with zero attached hydrogens (tertiary/aromatic N) is 1. The Hall–Kier alpha value is -0.860. The zero-order valence-corrected chi connectivity index (χ0v) is 12.1. The molecule has 1 saturated heterocycles. The first-order valence-electron chi connectivity index (χ1n) is 7.72. The number of hydrogen-bond acceptors (Lipinski definition) is 2. The van der Waals surface area contributed by atoms with Crippen molar-refractivity contribution >= 4 is 0 Å². The second-order valence-electron chi connectivity index (χ2n) is 6.75. The van der Waals surface area contributed by atoms with Crippen molar-refractivity contribution in [1.29, 1.82) is 0 Å². The highest BCUT2D eigenvalue weighted by atomic mass is 15.1. The maximum absolute atomic E-state index is 5.88. The third kappa shape index (κ3) is 2.85. The molecule has 0 bridgehead atoms. The molecule has 2 aliphatic rings. The van der Waals surface area contributed by atoms with E-state index in [0.29, 0.717) is 5.41 Å². The van der Waals surface area contributed by atoms with Gasteiger partial charge in [-0.2, -0.15) is 0 Å². The van der Waals surface area contributed by atoms with Crippen LogP contribution in [0, 0.1) is 5.41 Å². The van der Waals surface area contributed by atoms with Crippen LogP contribution < -0.4 is 5.73 Å². The van der Waals surface area contributed by atoms with Crippen molar-refractivity contribution in [1.82, 2.24) is 4.90 Å². The van der Waals surface area contributed by atoms with Crippen LogP contribution in [-0.2, 0) is 19.4 Å². The van der Waals surface area contributed by atoms with Crippen LogP contribution in [0.4, 0.5) is 0 Å². The first-order chi connectivity index (χ1) is 9.18. The van der Waals surface area contributed by atoms with E-state index in [2.05, 4.69) is 30.0 Å². The summed E-state index contributed by atoms with van der Waals surface area (Å²) in [5, 5.41) is 0. The standard InChI is InChI=1S/C17H26N2/c1-17(13-18)7-9-19(10-8-17)12-14-5-6-15-3-2-4-16(15)11-14/h5-6,11H,2-4,7-10,12-13,18H2,1H3. The number of likely N-dealkylation sites (tertiary alicyclic amines) is 1. The van der Waals surface area contributed by atoms with Crippen LogP contribution in [-0.4, -0.2) is 24.5 Å². The van der Waals surface area contributed by atoms with Crippen LogP contribution in [0.3, 0.4) is 0 Å². The molecule has 0 atom stereocenters. The summed E-state index contributed by atoms with van der Waals surface area (Å²) in [5.41, 5.74) is 10.9. The predicted molar refractivity (Wildman–Crippen MR) is 80.1 cm³/mol. The molecule has 1 heterocycles. The van der Waals surface area contributed by atoms with E-state index in [4.69, 9.17) is 5.73 Å². The fraction of sp³-hybridized carbons (Fsp3) is 0.647. The number of fused-ring (bicyclic) bond motifs is 1. The van der Waals surface area contributed by atoms with Crippen LogP contribution in [0.15, 0.2) is 18.2 Å². The highest BCUT2D eigenvalue weighted by Gasteiger charge is 2.28. The van der Waals surface area contributed by atoms with E-state index >= 15 is 0 Å². The Morgan fingerprint density at radius 1 is 1.16 bits per heavy atom. The van der Waals surface area contributed by atoms with Gasteiger partial charge >= 0.3 is 0 Å². The Morgan fingerprint density at radius 3 is 2.63 bits per heavy atom. The maximum atomic E-state index is 5.88. The van der Waals surface area contributed by atoms with Crippen LogP contribution in [0.25, 0.3) is 0 Å². The zero-order chi connectivity index (χ0) is 13.3. The highest BCUT2D eigenvalue weighted by molar-refractivity contribution is 5.35. The molecule has 2 heteroatoms. The number of hydrogen-bond donors (Lipinski definition) is 1. The average Bonchev–Trinajstić information content (AvgIpc) is 2.89. The summed E-state index contributed by atoms with van der Waals surface area (Å²) in [7, 11) is 0. The normalized spacial score (nSPS) is 22.4. The fourth-order valence-electron chi connectivity index (χ4n) is 3.44. The average molecular weight is 258 g/mol. The molecule has 1 aromatic carbocycles. The molecular formula is C17H26N2. The summed E-state index contributed by atoms with van der Waals surface area (Å²) in [6, 6.07) is 7.13. The van der Waals surface area contributed by atoms with Crippen LogP contribution >= 0.6 is 0 Å². The molecule has 0 unspecified atom stereocenters. The van der Waals surface area contributed by atoms with Gasteiger partial charge in [0.2, 0.25) is 0 Å². The summed E-state index contributed by atoms with van der Waals surface area (Å²) in [4.78, 5) is 2.59. The Morgan fingerprint density at radius 2 is 1.89 bits per heavy atom. The van der Waals surface area contributed by atoms with Crippen molar-refractivity contribution in [3.05, 3.63) is 34.9 Å². The number of nitrogens with two attached hydrogens (primary N) is 1. The van der Waals surface area contributed by atoms with E-state index in [-0.39, 0.29) is 0 Å². The van der Waals surface area contributed by atoms with Crippen LogP contribution in [0.1, 0.15) is 42.9 Å². The third-order valence-corrected chi connectivity index (χ3v) is 5.13. The van der Waals surface area contributed by atoms with Gasteiger partial charge in [-0.05, 0) is 73.8 Å². The van der Waals surface area contributed by atoms with Crippen molar-refractivity contribution in [2.24, 2.45) is 11.1 Å². The van der Waals surface area contributed by atoms with Crippen molar-refractivity contribution in [2.75, 3.05) is 19.6 Å². The molecule has 19 heavy (non-hydrogen) atoms. The van der Waals surface area contributed by atoms with Gasteiger partial charge in [0.1, 0.15) is 0 Å². The van der Waals surface area contributed by atoms with Gasteiger partial charge in [0.25, 0.3) is 0 Å². The highest BCUT2D eigenvalue weighted by Crippen LogP contribution is 2.30. The monoisotopic (exact) mass is 258 g/mol. The van der Waals surface area contributed by atoms with Crippen molar-refractivity contribution < 1.29 is 0 Å². The van der Waals surface area contributed by atoms with E-state index in [0.717, 1.165) is 13.1 Å². The molecule has 0 amide bonds. The molecule has 1 fully saturated rings. The smallest absolute Gasteiger partial charge is 0.0233 e. The largest absolute Gasteiger partial charge is 0.330 e. The molecule has 1 aliphatic heterocycles. The molecule has 0 spiro atoms. The predicted octanol–water partition coefficient (Wildman–Crippen LogP) is 2.74. The van der Waals surface area contributed by atoms with E-state index in [1.165, 1.54) is 50.8 Å². The first kappa shape index (κ1) is 13.1. The second-order valence-corrected chi connectivity index (χ2v) is 6.75. The van der Waals surface area contributed by atoms with Gasteiger partial charge in [0.05, 0.1) is 0 Å². The minimum absolute atomic E-state index is 0.383. The Labute approximate surface area is 117 Å². The molecule has 0 radical (unpaired) electrons. The summed E-state index contributed by atoms with van der Waals surface area (Å²) in [6.07, 6.45) is 6.41. The lowest BCUT2D eigenvalue weighted by atomic mass is 9.80. The SMILES string of the molecule is CC1(CN)CCN(Cc2ccc3c(c2)CCC3)CC1. The zero-order valence-electron chi connectivity index (χ0n) is 12.1. The van der Waals surface area contributed by atoms with Gasteiger partial charge in [0.15, 0.2) is 0 Å². The lowest BCUT2D eigenvalue weighted by Crippen LogP contribution is -2.41. The molecule has 0 aromatic heterocycles. The fourth-order valence-corrected chi connectivity index (χ4v) is 3.44. The lowest BCUT2D eigenvalue weighted by molar-refractivity contribution is 0.119. The Balaban J connectivity index is 1.61. The van der Waals surface area contributed by atoms with E-state index in [1.54, 1.807) is 11.1 Å². The molecule has 104 valence electrons. The third-order valence-electron chi connectivity index (χ3n) is 5.13. The number of piperidine rings is 1. The number of benzene rings is 1. The molecular weight excluding hydrogens is 232 g/mol. The van der Waals surface area contributed by atoms with E-state index < -0.39 is 0 Å². The van der Waals surface area contributed by atoms with Gasteiger partial charge in [0, 0.05) is 6.54 Å². The molecule has 0 saturated carbocycles. The number of rotatable bonds is 3. The molecule has 2 nitrogen and oxygen atoms in total. The topological polar surface area (TPSA) is 29.3 Å². The van der Waals surface area contributed by atoms with Gasteiger partial charge < -0.3 is 5.73 Å². The van der Waals surface area contributed by atoms with Gasteiger partial charge in [-0.25, -0.2) is 0 Å².